The average Bonchev–Trinajstić information content (AvgIpc) is 2.41. The summed E-state index contributed by atoms with van der Waals surface area (Å²) in [7, 11) is -3.87. The molecular weight excluding hydrogens is 378 g/mol. The molecule has 0 aromatic heterocycles. The zero-order chi connectivity index (χ0) is 15.5. The molecule has 7 heteroatoms. The summed E-state index contributed by atoms with van der Waals surface area (Å²) in [5.41, 5.74) is 0.682. The van der Waals surface area contributed by atoms with E-state index in [-0.39, 0.29) is 11.3 Å². The molecule has 2 aromatic carbocycles. The third-order valence-electron chi connectivity index (χ3n) is 2.63. The van der Waals surface area contributed by atoms with E-state index >= 15 is 0 Å². The molecule has 0 fully saturated rings. The first kappa shape index (κ1) is 16.0. The molecule has 0 saturated carbocycles. The van der Waals surface area contributed by atoms with E-state index in [2.05, 4.69) is 15.9 Å². The van der Waals surface area contributed by atoms with Crippen molar-refractivity contribution in [2.24, 2.45) is 0 Å². The predicted molar refractivity (Wildman–Crippen MR) is 84.6 cm³/mol. The van der Waals surface area contributed by atoms with Gasteiger partial charge >= 0.3 is 0 Å². The van der Waals surface area contributed by atoms with Gasteiger partial charge in [-0.25, -0.2) is 13.1 Å². The second kappa shape index (κ2) is 6.60. The first-order chi connectivity index (χ1) is 9.87. The molecule has 2 aromatic rings. The summed E-state index contributed by atoms with van der Waals surface area (Å²) in [5.74, 6) is -0.600. The molecule has 0 unspecified atom stereocenters. The Labute approximate surface area is 136 Å². The monoisotopic (exact) mass is 387 g/mol. The topological polar surface area (TPSA) is 63.2 Å². The van der Waals surface area contributed by atoms with Crippen molar-refractivity contribution in [3.63, 3.8) is 0 Å². The van der Waals surface area contributed by atoms with Gasteiger partial charge in [0.05, 0.1) is 11.3 Å². The zero-order valence-corrected chi connectivity index (χ0v) is 13.9. The van der Waals surface area contributed by atoms with Crippen LogP contribution in [0.2, 0.25) is 5.02 Å². The molecule has 0 aliphatic rings. The smallest absolute Gasteiger partial charge is 0.264 e. The van der Waals surface area contributed by atoms with Crippen molar-refractivity contribution in [1.29, 1.82) is 0 Å². The van der Waals surface area contributed by atoms with Crippen molar-refractivity contribution in [2.45, 2.75) is 11.3 Å². The van der Waals surface area contributed by atoms with Crippen molar-refractivity contribution in [3.8, 4) is 0 Å². The Morgan fingerprint density at radius 1 is 1.14 bits per heavy atom. The molecule has 0 atom stereocenters. The molecule has 0 radical (unpaired) electrons. The quantitative estimate of drug-likeness (QED) is 0.875. The molecule has 1 N–H and O–H groups in total. The van der Waals surface area contributed by atoms with Crippen molar-refractivity contribution in [2.75, 3.05) is 0 Å². The highest BCUT2D eigenvalue weighted by molar-refractivity contribution is 9.10. The summed E-state index contributed by atoms with van der Waals surface area (Å²) < 4.78 is 26.8. The highest BCUT2D eigenvalue weighted by Gasteiger charge is 2.17. The first-order valence-corrected chi connectivity index (χ1v) is 8.58. The molecule has 0 aliphatic carbocycles. The number of carbonyl (C=O) groups excluding carboxylic acids is 1. The van der Waals surface area contributed by atoms with Crippen LogP contribution in [0.1, 0.15) is 5.56 Å². The molecule has 0 aliphatic heterocycles. The van der Waals surface area contributed by atoms with Crippen LogP contribution in [0.3, 0.4) is 0 Å². The Morgan fingerprint density at radius 2 is 1.81 bits per heavy atom. The van der Waals surface area contributed by atoms with Gasteiger partial charge < -0.3 is 0 Å². The van der Waals surface area contributed by atoms with Crippen LogP contribution >= 0.6 is 27.5 Å². The third-order valence-corrected chi connectivity index (χ3v) is 4.75. The highest BCUT2D eigenvalue weighted by Crippen LogP contribution is 2.16. The van der Waals surface area contributed by atoms with E-state index in [1.807, 2.05) is 4.72 Å². The molecule has 0 saturated heterocycles. The number of sulfonamides is 1. The van der Waals surface area contributed by atoms with Crippen molar-refractivity contribution >= 4 is 43.5 Å². The molecule has 21 heavy (non-hydrogen) atoms. The Morgan fingerprint density at radius 3 is 2.43 bits per heavy atom. The lowest BCUT2D eigenvalue weighted by atomic mass is 10.1. The van der Waals surface area contributed by atoms with E-state index in [1.165, 1.54) is 12.1 Å². The maximum Gasteiger partial charge on any atom is 0.264 e. The molecule has 2 rings (SSSR count). The van der Waals surface area contributed by atoms with Gasteiger partial charge in [-0.15, -0.1) is 0 Å². The van der Waals surface area contributed by atoms with Gasteiger partial charge in [-0.2, -0.15) is 0 Å². The minimum absolute atomic E-state index is 0.0290. The number of carbonyl (C=O) groups is 1. The molecule has 0 heterocycles. The van der Waals surface area contributed by atoms with Gasteiger partial charge in [-0.1, -0.05) is 45.7 Å². The van der Waals surface area contributed by atoms with Crippen LogP contribution in [-0.4, -0.2) is 14.3 Å². The summed E-state index contributed by atoms with van der Waals surface area (Å²) in [5, 5.41) is 0.556. The minimum atomic E-state index is -3.87. The lowest BCUT2D eigenvalue weighted by Crippen LogP contribution is -2.31. The third kappa shape index (κ3) is 4.56. The van der Waals surface area contributed by atoms with E-state index in [0.717, 1.165) is 0 Å². The molecule has 0 spiro atoms. The Balaban J connectivity index is 2.09. The Kier molecular flexibility index (Phi) is 5.03. The number of benzene rings is 2. The number of hydrogen-bond acceptors (Lipinski definition) is 3. The predicted octanol–water partition coefficient (Wildman–Crippen LogP) is 3.15. The number of halogens is 2. The zero-order valence-electron chi connectivity index (χ0n) is 10.7. The van der Waals surface area contributed by atoms with Gasteiger partial charge in [0.15, 0.2) is 0 Å². The second-order valence-electron chi connectivity index (χ2n) is 4.29. The van der Waals surface area contributed by atoms with Crippen LogP contribution < -0.4 is 4.72 Å². The lowest BCUT2D eigenvalue weighted by Gasteiger charge is -2.07. The van der Waals surface area contributed by atoms with E-state index in [1.54, 1.807) is 36.4 Å². The van der Waals surface area contributed by atoms with Crippen LogP contribution in [0, 0.1) is 0 Å². The summed E-state index contributed by atoms with van der Waals surface area (Å²) in [4.78, 5) is 11.9. The van der Waals surface area contributed by atoms with E-state index in [9.17, 15) is 13.2 Å². The maximum absolute atomic E-state index is 12.1. The highest BCUT2D eigenvalue weighted by atomic mass is 79.9. The molecule has 1 amide bonds. The van der Waals surface area contributed by atoms with Crippen molar-refractivity contribution in [1.82, 2.24) is 4.72 Å². The Bertz CT molecular complexity index is 760. The van der Waals surface area contributed by atoms with E-state index < -0.39 is 15.9 Å². The molecule has 0 bridgehead atoms. The van der Waals surface area contributed by atoms with Crippen LogP contribution in [0.4, 0.5) is 0 Å². The normalized spacial score (nSPS) is 11.1. The van der Waals surface area contributed by atoms with Gasteiger partial charge in [-0.05, 0) is 35.9 Å². The largest absolute Gasteiger partial charge is 0.274 e. The average molecular weight is 389 g/mol. The fraction of sp³-hybridized carbons (Fsp3) is 0.0714. The number of rotatable bonds is 4. The fourth-order valence-electron chi connectivity index (χ4n) is 1.67. The maximum atomic E-state index is 12.1. The van der Waals surface area contributed by atoms with Crippen molar-refractivity contribution in [3.05, 3.63) is 63.6 Å². The molecule has 4 nitrogen and oxygen atoms in total. The number of amides is 1. The van der Waals surface area contributed by atoms with Gasteiger partial charge in [0.1, 0.15) is 0 Å². The van der Waals surface area contributed by atoms with E-state index in [4.69, 9.17) is 11.6 Å². The van der Waals surface area contributed by atoms with E-state index in [0.29, 0.717) is 15.1 Å². The van der Waals surface area contributed by atoms with Crippen LogP contribution in [0.25, 0.3) is 0 Å². The summed E-state index contributed by atoms with van der Waals surface area (Å²) in [6.07, 6.45) is -0.0373. The number of hydrogen-bond donors (Lipinski definition) is 1. The van der Waals surface area contributed by atoms with Gasteiger partial charge in [-0.3, -0.25) is 4.79 Å². The van der Waals surface area contributed by atoms with Crippen LogP contribution in [0.5, 0.6) is 0 Å². The van der Waals surface area contributed by atoms with Crippen LogP contribution in [-0.2, 0) is 21.2 Å². The SMILES string of the molecule is O=C(Cc1ccc(Cl)cc1)NS(=O)(=O)c1cccc(Br)c1. The van der Waals surface area contributed by atoms with Gasteiger partial charge in [0.25, 0.3) is 10.0 Å². The number of nitrogens with one attached hydrogen (secondary N) is 1. The lowest BCUT2D eigenvalue weighted by molar-refractivity contribution is -0.118. The van der Waals surface area contributed by atoms with Crippen molar-refractivity contribution < 1.29 is 13.2 Å². The van der Waals surface area contributed by atoms with Crippen LogP contribution in [0.15, 0.2) is 57.9 Å². The molecular formula is C14H11BrClNO3S. The standard InChI is InChI=1S/C14H11BrClNO3S/c15-11-2-1-3-13(9-11)21(19,20)17-14(18)8-10-4-6-12(16)7-5-10/h1-7,9H,8H2,(H,17,18). The Hall–Kier alpha value is -1.37. The summed E-state index contributed by atoms with van der Waals surface area (Å²) in [6, 6.07) is 12.8. The first-order valence-electron chi connectivity index (χ1n) is 5.92. The summed E-state index contributed by atoms with van der Waals surface area (Å²) >= 11 is 8.94. The van der Waals surface area contributed by atoms with Gasteiger partial charge in [0.2, 0.25) is 5.91 Å². The summed E-state index contributed by atoms with van der Waals surface area (Å²) in [6.45, 7) is 0. The fourth-order valence-corrected chi connectivity index (χ4v) is 3.37. The minimum Gasteiger partial charge on any atom is -0.274 e. The second-order valence-corrected chi connectivity index (χ2v) is 7.32. The van der Waals surface area contributed by atoms with Gasteiger partial charge in [0, 0.05) is 9.50 Å². The molecule has 110 valence electrons.